The summed E-state index contributed by atoms with van der Waals surface area (Å²) in [6.07, 6.45) is 5.10. The van der Waals surface area contributed by atoms with Gasteiger partial charge >= 0.3 is 0 Å². The number of ether oxygens (including phenoxy) is 2. The minimum Gasteiger partial charge on any atom is -0.497 e. The van der Waals surface area contributed by atoms with Gasteiger partial charge in [0.15, 0.2) is 6.61 Å². The number of hydrogen-bond acceptors (Lipinski definition) is 7. The normalized spacial score (nSPS) is 14.0. The van der Waals surface area contributed by atoms with Crippen LogP contribution in [0.4, 0.5) is 0 Å². The minimum absolute atomic E-state index is 0.00657. The molecule has 140 valence electrons. The summed E-state index contributed by atoms with van der Waals surface area (Å²) < 4.78 is 12.4. The van der Waals surface area contributed by atoms with Crippen LogP contribution in [0.25, 0.3) is 0 Å². The van der Waals surface area contributed by atoms with Crippen LogP contribution in [-0.4, -0.2) is 67.6 Å². The lowest BCUT2D eigenvalue weighted by Crippen LogP contribution is -2.52. The highest BCUT2D eigenvalue weighted by molar-refractivity contribution is 5.78. The van der Waals surface area contributed by atoms with Crippen molar-refractivity contribution in [3.8, 4) is 11.5 Å². The first-order valence-electron chi connectivity index (χ1n) is 8.50. The molecule has 10 heteroatoms. The molecule has 10 nitrogen and oxygen atoms in total. The smallest absolute Gasteiger partial charge is 0.260 e. The molecule has 0 atom stereocenters. The highest BCUT2D eigenvalue weighted by atomic mass is 16.5. The maximum Gasteiger partial charge on any atom is 0.260 e. The Bertz CT molecular complexity index is 886. The molecule has 0 aliphatic carbocycles. The number of likely N-dealkylation sites (tertiary alicyclic amines) is 1. The first kappa shape index (κ1) is 17.0. The molecule has 4 rings (SSSR count). The predicted molar refractivity (Wildman–Crippen MR) is 93.3 cm³/mol. The predicted octanol–water partition coefficient (Wildman–Crippen LogP) is 0.389. The van der Waals surface area contributed by atoms with Crippen molar-refractivity contribution in [3.05, 3.63) is 48.5 Å². The number of nitrogens with zero attached hydrogens (tertiary/aromatic N) is 7. The number of amides is 1. The van der Waals surface area contributed by atoms with Crippen LogP contribution in [0.3, 0.4) is 0 Å². The zero-order chi connectivity index (χ0) is 18.6. The van der Waals surface area contributed by atoms with Gasteiger partial charge in [0.2, 0.25) is 0 Å². The van der Waals surface area contributed by atoms with E-state index in [1.165, 1.54) is 0 Å². The average molecular weight is 369 g/mol. The van der Waals surface area contributed by atoms with Crippen LogP contribution < -0.4 is 9.47 Å². The fraction of sp³-hybridized carbons (Fsp3) is 0.353. The van der Waals surface area contributed by atoms with Gasteiger partial charge in [-0.3, -0.25) is 4.79 Å². The van der Waals surface area contributed by atoms with Crippen molar-refractivity contribution in [1.29, 1.82) is 0 Å². The van der Waals surface area contributed by atoms with E-state index in [-0.39, 0.29) is 18.6 Å². The van der Waals surface area contributed by atoms with Crippen molar-refractivity contribution in [2.24, 2.45) is 0 Å². The minimum atomic E-state index is -0.0526. The van der Waals surface area contributed by atoms with Gasteiger partial charge in [-0.25, -0.2) is 4.68 Å². The average Bonchev–Trinajstić information content (AvgIpc) is 3.32. The first-order valence-corrected chi connectivity index (χ1v) is 8.50. The van der Waals surface area contributed by atoms with Crippen molar-refractivity contribution in [1.82, 2.24) is 34.9 Å². The van der Waals surface area contributed by atoms with E-state index >= 15 is 0 Å². The van der Waals surface area contributed by atoms with Gasteiger partial charge in [0.05, 0.1) is 31.7 Å². The van der Waals surface area contributed by atoms with Crippen molar-refractivity contribution in [2.45, 2.75) is 12.6 Å². The summed E-state index contributed by atoms with van der Waals surface area (Å²) in [5.74, 6) is 1.33. The third-order valence-electron chi connectivity index (χ3n) is 4.34. The quantitative estimate of drug-likeness (QED) is 0.594. The second-order valence-corrected chi connectivity index (χ2v) is 6.17. The lowest BCUT2D eigenvalue weighted by molar-refractivity contribution is -0.139. The lowest BCUT2D eigenvalue weighted by atomic mass is 10.1. The van der Waals surface area contributed by atoms with Gasteiger partial charge in [0.1, 0.15) is 23.7 Å². The summed E-state index contributed by atoms with van der Waals surface area (Å²) in [5, 5.41) is 16.4. The summed E-state index contributed by atoms with van der Waals surface area (Å²) >= 11 is 0. The fourth-order valence-corrected chi connectivity index (χ4v) is 2.77. The lowest BCUT2D eigenvalue weighted by Gasteiger charge is -2.38. The number of hydrogen-bond donors (Lipinski definition) is 0. The number of methoxy groups -OCH3 is 1. The zero-order valence-electron chi connectivity index (χ0n) is 14.8. The molecule has 0 bridgehead atoms. The number of carbonyl (C=O) groups excluding carboxylic acids is 1. The number of aromatic nitrogens is 6. The van der Waals surface area contributed by atoms with E-state index in [1.807, 2.05) is 6.20 Å². The molecular weight excluding hydrogens is 350 g/mol. The van der Waals surface area contributed by atoms with Gasteiger partial charge in [-0.1, -0.05) is 5.21 Å². The Morgan fingerprint density at radius 1 is 1.15 bits per heavy atom. The standard InChI is InChI=1S/C17H19N7O3/c1-26-15-2-4-16(5-3-15)27-12-17(25)22-10-14(11-22)23-8-13(20-21-23)9-24-18-6-7-19-24/h2-8,14H,9-12H2,1H3. The van der Waals surface area contributed by atoms with E-state index in [0.717, 1.165) is 11.4 Å². The Kier molecular flexibility index (Phi) is 4.69. The molecule has 3 aromatic rings. The van der Waals surface area contributed by atoms with Crippen molar-refractivity contribution in [3.63, 3.8) is 0 Å². The van der Waals surface area contributed by atoms with Crippen LogP contribution >= 0.6 is 0 Å². The molecule has 0 saturated carbocycles. The van der Waals surface area contributed by atoms with E-state index < -0.39 is 0 Å². The Hall–Kier alpha value is -3.43. The topological polar surface area (TPSA) is 100 Å². The van der Waals surface area contributed by atoms with Crippen LogP contribution in [0.15, 0.2) is 42.9 Å². The summed E-state index contributed by atoms with van der Waals surface area (Å²) in [5.41, 5.74) is 0.777. The fourth-order valence-electron chi connectivity index (χ4n) is 2.77. The summed E-state index contributed by atoms with van der Waals surface area (Å²) in [4.78, 5) is 15.5. The molecule has 1 amide bonds. The van der Waals surface area contributed by atoms with Gasteiger partial charge in [-0.05, 0) is 24.3 Å². The SMILES string of the molecule is COc1ccc(OCC(=O)N2CC(n3cc(Cn4nccn4)nn3)C2)cc1. The molecule has 1 aliphatic heterocycles. The van der Waals surface area contributed by atoms with E-state index in [4.69, 9.17) is 9.47 Å². The summed E-state index contributed by atoms with van der Waals surface area (Å²) in [6.45, 7) is 1.66. The van der Waals surface area contributed by atoms with Crippen LogP contribution in [0.2, 0.25) is 0 Å². The van der Waals surface area contributed by atoms with E-state index in [2.05, 4.69) is 20.5 Å². The molecule has 3 heterocycles. The van der Waals surface area contributed by atoms with Gasteiger partial charge in [-0.15, -0.1) is 5.10 Å². The van der Waals surface area contributed by atoms with Crippen LogP contribution in [-0.2, 0) is 11.3 Å². The number of carbonyl (C=O) groups is 1. The highest BCUT2D eigenvalue weighted by Crippen LogP contribution is 2.21. The van der Waals surface area contributed by atoms with Gasteiger partial charge in [0, 0.05) is 13.1 Å². The Balaban J connectivity index is 1.24. The van der Waals surface area contributed by atoms with Crippen molar-refractivity contribution in [2.75, 3.05) is 26.8 Å². The maximum absolute atomic E-state index is 12.2. The van der Waals surface area contributed by atoms with E-state index in [1.54, 1.807) is 58.1 Å². The molecule has 0 unspecified atom stereocenters. The molecule has 1 saturated heterocycles. The first-order chi connectivity index (χ1) is 13.2. The number of benzene rings is 1. The molecule has 27 heavy (non-hydrogen) atoms. The van der Waals surface area contributed by atoms with Crippen molar-refractivity contribution < 1.29 is 14.3 Å². The Labute approximate surface area is 155 Å². The van der Waals surface area contributed by atoms with E-state index in [9.17, 15) is 4.79 Å². The van der Waals surface area contributed by atoms with Gasteiger partial charge in [0.25, 0.3) is 5.91 Å². The van der Waals surface area contributed by atoms with Crippen LogP contribution in [0, 0.1) is 0 Å². The Morgan fingerprint density at radius 2 is 1.85 bits per heavy atom. The monoisotopic (exact) mass is 369 g/mol. The summed E-state index contributed by atoms with van der Waals surface area (Å²) in [6, 6.07) is 7.26. The maximum atomic E-state index is 12.2. The third-order valence-corrected chi connectivity index (χ3v) is 4.34. The zero-order valence-corrected chi connectivity index (χ0v) is 14.8. The van der Waals surface area contributed by atoms with Crippen molar-refractivity contribution >= 4 is 5.91 Å². The van der Waals surface area contributed by atoms with Gasteiger partial charge in [-0.2, -0.15) is 15.0 Å². The van der Waals surface area contributed by atoms with Crippen LogP contribution in [0.1, 0.15) is 11.7 Å². The molecular formula is C17H19N7O3. The van der Waals surface area contributed by atoms with Gasteiger partial charge < -0.3 is 14.4 Å². The van der Waals surface area contributed by atoms with E-state index in [0.29, 0.717) is 25.4 Å². The highest BCUT2D eigenvalue weighted by Gasteiger charge is 2.32. The molecule has 1 aliphatic rings. The molecule has 0 radical (unpaired) electrons. The molecule has 2 aromatic heterocycles. The number of rotatable bonds is 7. The second-order valence-electron chi connectivity index (χ2n) is 6.17. The molecule has 0 spiro atoms. The summed E-state index contributed by atoms with van der Waals surface area (Å²) in [7, 11) is 1.60. The Morgan fingerprint density at radius 3 is 2.56 bits per heavy atom. The third kappa shape index (κ3) is 3.89. The molecule has 1 aromatic carbocycles. The molecule has 0 N–H and O–H groups in total. The molecule has 1 fully saturated rings. The second kappa shape index (κ2) is 7.44. The largest absolute Gasteiger partial charge is 0.497 e. The van der Waals surface area contributed by atoms with Crippen LogP contribution in [0.5, 0.6) is 11.5 Å².